The van der Waals surface area contributed by atoms with Crippen molar-refractivity contribution < 1.29 is 14.3 Å². The Kier molecular flexibility index (Phi) is 6.67. The topological polar surface area (TPSA) is 60.5 Å². The zero-order valence-electron chi connectivity index (χ0n) is 16.9. The standard InChI is InChI=1S/C23H24N2O3S/c1-15(22-16(2)25-23(29-22)18-8-6-5-7-9-18)24-21(26)13-11-17-10-12-19(27-3)20(14-17)28-4/h5-15H,1-4H3,(H,24,26)/b13-11+. The third kappa shape index (κ3) is 5.03. The summed E-state index contributed by atoms with van der Waals surface area (Å²) in [6.45, 7) is 3.94. The summed E-state index contributed by atoms with van der Waals surface area (Å²) in [6.07, 6.45) is 3.27. The van der Waals surface area contributed by atoms with Crippen molar-refractivity contribution in [3.63, 3.8) is 0 Å². The van der Waals surface area contributed by atoms with Crippen molar-refractivity contribution in [3.8, 4) is 22.1 Å². The van der Waals surface area contributed by atoms with Gasteiger partial charge in [-0.25, -0.2) is 4.98 Å². The Morgan fingerprint density at radius 1 is 1.10 bits per heavy atom. The maximum Gasteiger partial charge on any atom is 0.244 e. The first-order chi connectivity index (χ1) is 14.0. The van der Waals surface area contributed by atoms with E-state index in [4.69, 9.17) is 9.47 Å². The van der Waals surface area contributed by atoms with Crippen LogP contribution in [0.3, 0.4) is 0 Å². The summed E-state index contributed by atoms with van der Waals surface area (Å²) in [7, 11) is 3.17. The van der Waals surface area contributed by atoms with Crippen LogP contribution < -0.4 is 14.8 Å². The Labute approximate surface area is 175 Å². The van der Waals surface area contributed by atoms with Crippen molar-refractivity contribution in [3.05, 3.63) is 70.7 Å². The summed E-state index contributed by atoms with van der Waals surface area (Å²) in [4.78, 5) is 18.1. The van der Waals surface area contributed by atoms with E-state index in [2.05, 4.69) is 10.3 Å². The summed E-state index contributed by atoms with van der Waals surface area (Å²) in [5.74, 6) is 1.11. The fourth-order valence-corrected chi connectivity index (χ4v) is 4.04. The third-order valence-corrected chi connectivity index (χ3v) is 5.83. The van der Waals surface area contributed by atoms with E-state index in [1.54, 1.807) is 31.6 Å². The molecule has 0 fully saturated rings. The van der Waals surface area contributed by atoms with Crippen LogP contribution in [0.25, 0.3) is 16.6 Å². The van der Waals surface area contributed by atoms with Crippen LogP contribution in [0, 0.1) is 6.92 Å². The Hall–Kier alpha value is -3.12. The monoisotopic (exact) mass is 408 g/mol. The zero-order valence-corrected chi connectivity index (χ0v) is 17.7. The highest BCUT2D eigenvalue weighted by Gasteiger charge is 2.16. The predicted octanol–water partition coefficient (Wildman–Crippen LogP) is 5.03. The Morgan fingerprint density at radius 2 is 1.83 bits per heavy atom. The molecule has 3 rings (SSSR count). The Balaban J connectivity index is 1.68. The minimum atomic E-state index is -0.165. The molecular weight excluding hydrogens is 384 g/mol. The molecule has 1 unspecified atom stereocenters. The van der Waals surface area contributed by atoms with E-state index < -0.39 is 0 Å². The molecule has 6 heteroatoms. The lowest BCUT2D eigenvalue weighted by molar-refractivity contribution is -0.117. The number of ether oxygens (including phenoxy) is 2. The number of aromatic nitrogens is 1. The van der Waals surface area contributed by atoms with Gasteiger partial charge in [-0.2, -0.15) is 0 Å². The zero-order chi connectivity index (χ0) is 20.8. The lowest BCUT2D eigenvalue weighted by Crippen LogP contribution is -2.24. The number of nitrogens with one attached hydrogen (secondary N) is 1. The molecule has 1 heterocycles. The van der Waals surface area contributed by atoms with Crippen LogP contribution in [0.15, 0.2) is 54.6 Å². The maximum atomic E-state index is 12.4. The van der Waals surface area contributed by atoms with E-state index >= 15 is 0 Å². The number of hydrogen-bond donors (Lipinski definition) is 1. The summed E-state index contributed by atoms with van der Waals surface area (Å²) in [6, 6.07) is 15.4. The molecule has 1 atom stereocenters. The Bertz CT molecular complexity index is 1010. The molecule has 1 amide bonds. The van der Waals surface area contributed by atoms with Gasteiger partial charge in [0.25, 0.3) is 0 Å². The number of hydrogen-bond acceptors (Lipinski definition) is 5. The summed E-state index contributed by atoms with van der Waals surface area (Å²) < 4.78 is 10.5. The van der Waals surface area contributed by atoms with Crippen molar-refractivity contribution in [2.45, 2.75) is 19.9 Å². The van der Waals surface area contributed by atoms with Gasteiger partial charge in [0.05, 0.1) is 30.8 Å². The van der Waals surface area contributed by atoms with Gasteiger partial charge in [0.2, 0.25) is 5.91 Å². The van der Waals surface area contributed by atoms with Gasteiger partial charge in [-0.15, -0.1) is 11.3 Å². The first kappa shape index (κ1) is 20.6. The van der Waals surface area contributed by atoms with Crippen molar-refractivity contribution in [2.24, 2.45) is 0 Å². The van der Waals surface area contributed by atoms with Crippen molar-refractivity contribution in [1.29, 1.82) is 0 Å². The average Bonchev–Trinajstić information content (AvgIpc) is 3.14. The van der Waals surface area contributed by atoms with Crippen LogP contribution in [0.2, 0.25) is 0 Å². The molecule has 150 valence electrons. The number of thiazole rings is 1. The van der Waals surface area contributed by atoms with Gasteiger partial charge in [0.1, 0.15) is 5.01 Å². The largest absolute Gasteiger partial charge is 0.493 e. The molecule has 5 nitrogen and oxygen atoms in total. The van der Waals surface area contributed by atoms with Crippen molar-refractivity contribution in [1.82, 2.24) is 10.3 Å². The van der Waals surface area contributed by atoms with Gasteiger partial charge in [0.15, 0.2) is 11.5 Å². The minimum Gasteiger partial charge on any atom is -0.493 e. The smallest absolute Gasteiger partial charge is 0.244 e. The van der Waals surface area contributed by atoms with E-state index in [-0.39, 0.29) is 11.9 Å². The molecule has 0 aliphatic carbocycles. The number of carbonyl (C=O) groups is 1. The number of nitrogens with zero attached hydrogens (tertiary/aromatic N) is 1. The van der Waals surface area contributed by atoms with E-state index in [0.29, 0.717) is 11.5 Å². The highest BCUT2D eigenvalue weighted by atomic mass is 32.1. The normalized spacial score (nSPS) is 12.0. The summed E-state index contributed by atoms with van der Waals surface area (Å²) >= 11 is 1.61. The molecule has 1 aromatic heterocycles. The SMILES string of the molecule is COc1ccc(/C=C/C(=O)NC(C)c2sc(-c3ccccc3)nc2C)cc1OC. The van der Waals surface area contributed by atoms with Gasteiger partial charge in [-0.1, -0.05) is 36.4 Å². The molecule has 1 N–H and O–H groups in total. The van der Waals surface area contributed by atoms with Gasteiger partial charge in [-0.3, -0.25) is 4.79 Å². The first-order valence-corrected chi connectivity index (χ1v) is 10.1. The predicted molar refractivity (Wildman–Crippen MR) is 117 cm³/mol. The molecule has 2 aromatic carbocycles. The molecule has 3 aromatic rings. The fraction of sp³-hybridized carbons (Fsp3) is 0.217. The summed E-state index contributed by atoms with van der Waals surface area (Å²) in [5.41, 5.74) is 2.87. The van der Waals surface area contributed by atoms with Crippen LogP contribution in [0.1, 0.15) is 29.1 Å². The summed E-state index contributed by atoms with van der Waals surface area (Å²) in [5, 5.41) is 3.97. The van der Waals surface area contributed by atoms with Crippen LogP contribution in [-0.4, -0.2) is 25.1 Å². The quantitative estimate of drug-likeness (QED) is 0.557. The van der Waals surface area contributed by atoms with Gasteiger partial charge in [0, 0.05) is 11.6 Å². The highest BCUT2D eigenvalue weighted by molar-refractivity contribution is 7.15. The molecule has 0 saturated heterocycles. The van der Waals surface area contributed by atoms with E-state index in [1.165, 1.54) is 6.08 Å². The number of amides is 1. The Morgan fingerprint density at radius 3 is 2.52 bits per heavy atom. The lowest BCUT2D eigenvalue weighted by Gasteiger charge is -2.11. The number of methoxy groups -OCH3 is 2. The number of benzene rings is 2. The number of aryl methyl sites for hydroxylation is 1. The average molecular weight is 409 g/mol. The molecule has 0 bridgehead atoms. The van der Waals surface area contributed by atoms with Crippen LogP contribution in [0.5, 0.6) is 11.5 Å². The molecular formula is C23H24N2O3S. The molecule has 0 aliphatic rings. The van der Waals surface area contributed by atoms with Crippen molar-refractivity contribution in [2.75, 3.05) is 14.2 Å². The second-order valence-electron chi connectivity index (χ2n) is 6.51. The van der Waals surface area contributed by atoms with Gasteiger partial charge >= 0.3 is 0 Å². The third-order valence-electron chi connectivity index (χ3n) is 4.44. The van der Waals surface area contributed by atoms with Crippen LogP contribution in [-0.2, 0) is 4.79 Å². The van der Waals surface area contributed by atoms with Crippen LogP contribution in [0.4, 0.5) is 0 Å². The lowest BCUT2D eigenvalue weighted by atomic mass is 10.2. The minimum absolute atomic E-state index is 0.132. The van der Waals surface area contributed by atoms with E-state index in [9.17, 15) is 4.79 Å². The second kappa shape index (κ2) is 9.39. The van der Waals surface area contributed by atoms with E-state index in [0.717, 1.165) is 26.7 Å². The second-order valence-corrected chi connectivity index (χ2v) is 7.54. The molecule has 29 heavy (non-hydrogen) atoms. The molecule has 0 saturated carbocycles. The fourth-order valence-electron chi connectivity index (χ4n) is 2.97. The van der Waals surface area contributed by atoms with E-state index in [1.807, 2.05) is 62.4 Å². The highest BCUT2D eigenvalue weighted by Crippen LogP contribution is 2.31. The maximum absolute atomic E-state index is 12.4. The van der Waals surface area contributed by atoms with Crippen LogP contribution >= 0.6 is 11.3 Å². The molecule has 0 aliphatic heterocycles. The van der Waals surface area contributed by atoms with Gasteiger partial charge < -0.3 is 14.8 Å². The molecule has 0 radical (unpaired) electrons. The number of rotatable bonds is 7. The number of carbonyl (C=O) groups excluding carboxylic acids is 1. The molecule has 0 spiro atoms. The van der Waals surface area contributed by atoms with Crippen molar-refractivity contribution >= 4 is 23.3 Å². The first-order valence-electron chi connectivity index (χ1n) is 9.25. The van der Waals surface area contributed by atoms with Gasteiger partial charge in [-0.05, 0) is 37.6 Å².